The number of methoxy groups -OCH3 is 1. The molecule has 0 saturated heterocycles. The molecule has 138 valence electrons. The van der Waals surface area contributed by atoms with E-state index in [0.29, 0.717) is 31.2 Å². The molecule has 1 aromatic carbocycles. The minimum Gasteiger partial charge on any atom is -0.383 e. The third-order valence-corrected chi connectivity index (χ3v) is 3.49. The Bertz CT molecular complexity index is 534. The van der Waals surface area contributed by atoms with E-state index in [2.05, 4.69) is 15.6 Å². The number of halogens is 4. The summed E-state index contributed by atoms with van der Waals surface area (Å²) < 4.78 is 43.5. The van der Waals surface area contributed by atoms with E-state index in [4.69, 9.17) is 4.74 Å². The van der Waals surface area contributed by atoms with Crippen molar-refractivity contribution in [2.75, 3.05) is 33.9 Å². The molecule has 1 aromatic rings. The van der Waals surface area contributed by atoms with Gasteiger partial charge in [0.2, 0.25) is 0 Å². The molecule has 0 unspecified atom stereocenters. The molecule has 0 amide bonds. The molecule has 0 fully saturated rings. The van der Waals surface area contributed by atoms with Gasteiger partial charge in [-0.25, -0.2) is 0 Å². The smallest absolute Gasteiger partial charge is 0.383 e. The van der Waals surface area contributed by atoms with Crippen LogP contribution in [0.4, 0.5) is 13.2 Å². The van der Waals surface area contributed by atoms with Gasteiger partial charge in [0, 0.05) is 32.7 Å². The Morgan fingerprint density at radius 2 is 1.79 bits per heavy atom. The second kappa shape index (κ2) is 10.1. The number of guanidine groups is 1. The zero-order chi connectivity index (χ0) is 17.5. The van der Waals surface area contributed by atoms with Crippen molar-refractivity contribution in [2.45, 2.75) is 25.4 Å². The fraction of sp³-hybridized carbons (Fsp3) is 0.562. The highest BCUT2D eigenvalue weighted by molar-refractivity contribution is 14.0. The van der Waals surface area contributed by atoms with Crippen molar-refractivity contribution in [3.05, 3.63) is 35.4 Å². The summed E-state index contributed by atoms with van der Waals surface area (Å²) in [5.74, 6) is 0.585. The van der Waals surface area contributed by atoms with E-state index in [1.54, 1.807) is 20.2 Å². The first-order valence-corrected chi connectivity index (χ1v) is 7.32. The van der Waals surface area contributed by atoms with Gasteiger partial charge in [0.1, 0.15) is 0 Å². The molecule has 0 bridgehead atoms. The molecular weight excluding hydrogens is 434 g/mol. The van der Waals surface area contributed by atoms with E-state index in [1.807, 2.05) is 13.8 Å². The number of alkyl halides is 3. The lowest BCUT2D eigenvalue weighted by atomic mass is 9.84. The van der Waals surface area contributed by atoms with E-state index in [1.165, 1.54) is 12.1 Å². The first kappa shape index (κ1) is 23.0. The van der Waals surface area contributed by atoms with Crippen LogP contribution in [0.15, 0.2) is 29.3 Å². The van der Waals surface area contributed by atoms with Crippen molar-refractivity contribution in [1.82, 2.24) is 10.6 Å². The molecule has 4 nitrogen and oxygen atoms in total. The van der Waals surface area contributed by atoms with Gasteiger partial charge in [-0.05, 0) is 11.6 Å². The molecule has 2 N–H and O–H groups in total. The molecule has 0 atom stereocenters. The SMILES string of the molecule is CN=C(NCCOC)NCC(C)(C)c1cccc(C(F)(F)F)c1.I. The predicted molar refractivity (Wildman–Crippen MR) is 101 cm³/mol. The highest BCUT2D eigenvalue weighted by Crippen LogP contribution is 2.32. The van der Waals surface area contributed by atoms with E-state index in [-0.39, 0.29) is 24.0 Å². The molecule has 0 aliphatic heterocycles. The number of rotatable bonds is 6. The summed E-state index contributed by atoms with van der Waals surface area (Å²) in [5.41, 5.74) is -0.502. The maximum absolute atomic E-state index is 12.8. The lowest BCUT2D eigenvalue weighted by Crippen LogP contribution is -2.44. The Morgan fingerprint density at radius 3 is 2.33 bits per heavy atom. The van der Waals surface area contributed by atoms with E-state index in [9.17, 15) is 13.2 Å². The summed E-state index contributed by atoms with van der Waals surface area (Å²) in [6.45, 7) is 5.36. The molecule has 0 spiro atoms. The molecule has 0 aliphatic rings. The zero-order valence-corrected chi connectivity index (χ0v) is 16.7. The number of hydrogen-bond donors (Lipinski definition) is 2. The minimum absolute atomic E-state index is 0. The number of hydrogen-bond acceptors (Lipinski definition) is 2. The fourth-order valence-corrected chi connectivity index (χ4v) is 2.02. The van der Waals surface area contributed by atoms with Crippen LogP contribution in [0.5, 0.6) is 0 Å². The Kier molecular flexibility index (Phi) is 9.64. The number of benzene rings is 1. The van der Waals surface area contributed by atoms with E-state index in [0.717, 1.165) is 6.07 Å². The van der Waals surface area contributed by atoms with Crippen LogP contribution >= 0.6 is 24.0 Å². The van der Waals surface area contributed by atoms with Gasteiger partial charge < -0.3 is 15.4 Å². The summed E-state index contributed by atoms with van der Waals surface area (Å²) >= 11 is 0. The molecule has 8 heteroatoms. The van der Waals surface area contributed by atoms with Gasteiger partial charge in [0.25, 0.3) is 0 Å². The van der Waals surface area contributed by atoms with Crippen molar-refractivity contribution in [3.63, 3.8) is 0 Å². The Morgan fingerprint density at radius 1 is 1.17 bits per heavy atom. The summed E-state index contributed by atoms with van der Waals surface area (Å²) in [5, 5.41) is 6.19. The van der Waals surface area contributed by atoms with Crippen LogP contribution in [-0.2, 0) is 16.3 Å². The van der Waals surface area contributed by atoms with Crippen LogP contribution in [0.25, 0.3) is 0 Å². The van der Waals surface area contributed by atoms with Crippen LogP contribution in [0, 0.1) is 0 Å². The van der Waals surface area contributed by atoms with Crippen LogP contribution in [-0.4, -0.2) is 39.8 Å². The molecule has 1 rings (SSSR count). The quantitative estimate of drug-likeness (QED) is 0.297. The maximum Gasteiger partial charge on any atom is 0.416 e. The lowest BCUT2D eigenvalue weighted by molar-refractivity contribution is -0.137. The monoisotopic (exact) mass is 459 g/mol. The van der Waals surface area contributed by atoms with Crippen LogP contribution < -0.4 is 10.6 Å². The topological polar surface area (TPSA) is 45.7 Å². The van der Waals surface area contributed by atoms with E-state index >= 15 is 0 Å². The van der Waals surface area contributed by atoms with Gasteiger partial charge in [0.15, 0.2) is 5.96 Å². The van der Waals surface area contributed by atoms with Gasteiger partial charge in [-0.3, -0.25) is 4.99 Å². The fourth-order valence-electron chi connectivity index (χ4n) is 2.02. The number of nitrogens with one attached hydrogen (secondary N) is 2. The minimum atomic E-state index is -4.34. The standard InChI is InChI=1S/C16H24F3N3O.HI/c1-15(2,11-22-14(20-3)21-8-9-23-4)12-6-5-7-13(10-12)16(17,18)19;/h5-7,10H,8-9,11H2,1-4H3,(H2,20,21,22);1H. The average Bonchev–Trinajstić information content (AvgIpc) is 2.50. The van der Waals surface area contributed by atoms with Gasteiger partial charge >= 0.3 is 6.18 Å². The highest BCUT2D eigenvalue weighted by atomic mass is 127. The third kappa shape index (κ3) is 7.25. The molecule has 0 saturated carbocycles. The molecule has 0 heterocycles. The molecular formula is C16H25F3IN3O. The summed E-state index contributed by atoms with van der Waals surface area (Å²) in [4.78, 5) is 4.07. The Balaban J connectivity index is 0.00000529. The number of aliphatic imine (C=N–C) groups is 1. The van der Waals surface area contributed by atoms with Gasteiger partial charge in [-0.1, -0.05) is 32.0 Å². The van der Waals surface area contributed by atoms with Crippen LogP contribution in [0.3, 0.4) is 0 Å². The summed E-state index contributed by atoms with van der Waals surface area (Å²) in [6.07, 6.45) is -4.34. The molecule has 0 aromatic heterocycles. The molecule has 0 radical (unpaired) electrons. The van der Waals surface area contributed by atoms with Gasteiger partial charge in [-0.15, -0.1) is 24.0 Å². The largest absolute Gasteiger partial charge is 0.416 e. The average molecular weight is 459 g/mol. The van der Waals surface area contributed by atoms with Gasteiger partial charge in [0.05, 0.1) is 12.2 Å². The van der Waals surface area contributed by atoms with Crippen molar-refractivity contribution in [3.8, 4) is 0 Å². The molecule has 0 aliphatic carbocycles. The van der Waals surface area contributed by atoms with Gasteiger partial charge in [-0.2, -0.15) is 13.2 Å². The Hall–Kier alpha value is -1.03. The van der Waals surface area contributed by atoms with Crippen molar-refractivity contribution >= 4 is 29.9 Å². The van der Waals surface area contributed by atoms with Crippen LogP contribution in [0.2, 0.25) is 0 Å². The molecule has 24 heavy (non-hydrogen) atoms. The van der Waals surface area contributed by atoms with Crippen LogP contribution in [0.1, 0.15) is 25.0 Å². The second-order valence-electron chi connectivity index (χ2n) is 5.81. The summed E-state index contributed by atoms with van der Waals surface area (Å²) in [6, 6.07) is 5.42. The first-order valence-electron chi connectivity index (χ1n) is 7.32. The zero-order valence-electron chi connectivity index (χ0n) is 14.3. The van der Waals surface area contributed by atoms with Crippen molar-refractivity contribution in [2.24, 2.45) is 4.99 Å². The summed E-state index contributed by atoms with van der Waals surface area (Å²) in [7, 11) is 3.24. The van der Waals surface area contributed by atoms with Crippen molar-refractivity contribution in [1.29, 1.82) is 0 Å². The highest BCUT2D eigenvalue weighted by Gasteiger charge is 2.32. The number of ether oxygens (including phenoxy) is 1. The maximum atomic E-state index is 12.8. The van der Waals surface area contributed by atoms with Crippen molar-refractivity contribution < 1.29 is 17.9 Å². The van der Waals surface area contributed by atoms with E-state index < -0.39 is 17.2 Å². The Labute approximate surface area is 158 Å². The third-order valence-electron chi connectivity index (χ3n) is 3.49. The first-order chi connectivity index (χ1) is 10.7. The second-order valence-corrected chi connectivity index (χ2v) is 5.81. The number of nitrogens with zero attached hydrogens (tertiary/aromatic N) is 1. The normalized spacial score (nSPS) is 12.5. The predicted octanol–water partition coefficient (Wildman–Crippen LogP) is 3.41. The lowest BCUT2D eigenvalue weighted by Gasteiger charge is -2.27.